The smallest absolute Gasteiger partial charge is 0.126 e. The summed E-state index contributed by atoms with van der Waals surface area (Å²) in [6, 6.07) is 15.9. The maximum Gasteiger partial charge on any atom is 0.126 e. The van der Waals surface area contributed by atoms with Crippen molar-refractivity contribution in [1.29, 1.82) is 0 Å². The summed E-state index contributed by atoms with van der Waals surface area (Å²) in [5.74, 6) is 2.22. The topological polar surface area (TPSA) is 55.8 Å². The van der Waals surface area contributed by atoms with E-state index in [-0.39, 0.29) is 18.4 Å². The van der Waals surface area contributed by atoms with E-state index in [0.717, 1.165) is 44.8 Å². The van der Waals surface area contributed by atoms with Crippen LogP contribution in [-0.2, 0) is 17.6 Å². The standard InChI is InChI=1S/C10H12O2.C10H10O2.C2H7P/c2*11-6-8-5-9-3-1-2-4-10(9)12-7-8;1-3-2/h1-4,8,11H,5-7H2;1-4,6,8H,5,7H2;3H,1-2H3. The Hall–Kier alpha value is -1.90. The number of fused-ring (bicyclic) bond motifs is 2. The Morgan fingerprint density at radius 1 is 0.963 bits per heavy atom. The first kappa shape index (κ1) is 21.4. The van der Waals surface area contributed by atoms with Gasteiger partial charge in [0.25, 0.3) is 0 Å². The molecule has 0 radical (unpaired) electrons. The lowest BCUT2D eigenvalue weighted by Gasteiger charge is -2.23. The summed E-state index contributed by atoms with van der Waals surface area (Å²) >= 11 is 0. The SMILES string of the molecule is CPC.O=CC1COc2ccccc2C1.OCC1COc2ccccc2C1. The largest absolute Gasteiger partial charge is 0.493 e. The normalized spacial score (nSPS) is 19.4. The number of hydrogen-bond acceptors (Lipinski definition) is 4. The van der Waals surface area contributed by atoms with Gasteiger partial charge in [0.05, 0.1) is 19.1 Å². The fourth-order valence-corrected chi connectivity index (χ4v) is 2.95. The molecule has 2 aromatic carbocycles. The minimum Gasteiger partial charge on any atom is -0.493 e. The molecule has 2 atom stereocenters. The maximum atomic E-state index is 10.5. The predicted octanol–water partition coefficient (Wildman–Crippen LogP) is 3.59. The molecule has 2 aromatic rings. The minimum atomic E-state index is 0.0416. The van der Waals surface area contributed by atoms with Crippen molar-refractivity contribution in [2.45, 2.75) is 12.8 Å². The Kier molecular flexibility index (Phi) is 9.30. The van der Waals surface area contributed by atoms with Gasteiger partial charge in [-0.25, -0.2) is 0 Å². The van der Waals surface area contributed by atoms with Crippen molar-refractivity contribution in [3.05, 3.63) is 59.7 Å². The molecule has 0 bridgehead atoms. The van der Waals surface area contributed by atoms with Gasteiger partial charge < -0.3 is 19.4 Å². The zero-order valence-corrected chi connectivity index (χ0v) is 17.1. The van der Waals surface area contributed by atoms with E-state index < -0.39 is 0 Å². The lowest BCUT2D eigenvalue weighted by molar-refractivity contribution is -0.112. The molecular weight excluding hydrogens is 359 g/mol. The predicted molar refractivity (Wildman–Crippen MR) is 112 cm³/mol. The summed E-state index contributed by atoms with van der Waals surface area (Å²) in [4.78, 5) is 10.5. The van der Waals surface area contributed by atoms with E-state index in [0.29, 0.717) is 13.2 Å². The first-order chi connectivity index (χ1) is 13.2. The van der Waals surface area contributed by atoms with E-state index in [1.165, 1.54) is 5.56 Å². The molecule has 4 rings (SSSR count). The maximum absolute atomic E-state index is 10.5. The molecule has 2 aliphatic rings. The third-order valence-electron chi connectivity index (χ3n) is 4.31. The average Bonchev–Trinajstić information content (AvgIpc) is 2.74. The highest BCUT2D eigenvalue weighted by atomic mass is 31.1. The van der Waals surface area contributed by atoms with Crippen LogP contribution < -0.4 is 9.47 Å². The molecule has 1 N–H and O–H groups in total. The van der Waals surface area contributed by atoms with E-state index in [4.69, 9.17) is 14.6 Å². The van der Waals surface area contributed by atoms with Gasteiger partial charge in [-0.15, -0.1) is 8.58 Å². The number of aliphatic hydroxyl groups excluding tert-OH is 1. The van der Waals surface area contributed by atoms with Crippen LogP contribution in [0.5, 0.6) is 11.5 Å². The molecule has 4 nitrogen and oxygen atoms in total. The molecule has 0 aromatic heterocycles. The molecule has 0 fully saturated rings. The van der Waals surface area contributed by atoms with Crippen LogP contribution in [0.3, 0.4) is 0 Å². The fraction of sp³-hybridized carbons (Fsp3) is 0.409. The Morgan fingerprint density at radius 3 is 2.04 bits per heavy atom. The Labute approximate surface area is 163 Å². The third kappa shape index (κ3) is 6.64. The molecule has 2 heterocycles. The van der Waals surface area contributed by atoms with Gasteiger partial charge in [-0.2, -0.15) is 0 Å². The van der Waals surface area contributed by atoms with Gasteiger partial charge in [0.2, 0.25) is 0 Å². The van der Waals surface area contributed by atoms with Gasteiger partial charge in [0, 0.05) is 12.5 Å². The monoisotopic (exact) mass is 388 g/mol. The van der Waals surface area contributed by atoms with Gasteiger partial charge >= 0.3 is 0 Å². The zero-order chi connectivity index (χ0) is 19.5. The minimum absolute atomic E-state index is 0.0416. The van der Waals surface area contributed by atoms with E-state index in [2.05, 4.69) is 19.4 Å². The van der Waals surface area contributed by atoms with Crippen molar-refractivity contribution in [2.24, 2.45) is 11.8 Å². The highest BCUT2D eigenvalue weighted by Gasteiger charge is 2.18. The Morgan fingerprint density at radius 2 is 1.48 bits per heavy atom. The van der Waals surface area contributed by atoms with Crippen molar-refractivity contribution < 1.29 is 19.4 Å². The quantitative estimate of drug-likeness (QED) is 0.631. The third-order valence-corrected chi connectivity index (χ3v) is 4.31. The van der Waals surface area contributed by atoms with E-state index >= 15 is 0 Å². The lowest BCUT2D eigenvalue weighted by atomic mass is 9.98. The molecule has 0 spiro atoms. The van der Waals surface area contributed by atoms with Crippen LogP contribution in [0, 0.1) is 11.8 Å². The number of ether oxygens (including phenoxy) is 2. The van der Waals surface area contributed by atoms with Crippen molar-refractivity contribution in [2.75, 3.05) is 33.2 Å². The van der Waals surface area contributed by atoms with E-state index in [1.54, 1.807) is 0 Å². The second kappa shape index (κ2) is 11.7. The first-order valence-electron chi connectivity index (χ1n) is 9.27. The molecule has 0 amide bonds. The summed E-state index contributed by atoms with van der Waals surface area (Å²) in [5, 5.41) is 8.94. The fourth-order valence-electron chi connectivity index (χ4n) is 2.95. The number of aldehydes is 1. The number of hydrogen-bond donors (Lipinski definition) is 1. The Bertz CT molecular complexity index is 704. The van der Waals surface area contributed by atoms with Gasteiger partial charge in [-0.05, 0) is 49.4 Å². The summed E-state index contributed by atoms with van der Waals surface area (Å²) in [6.45, 7) is 5.70. The molecule has 2 aliphatic heterocycles. The van der Waals surface area contributed by atoms with Gasteiger partial charge in [-0.1, -0.05) is 36.4 Å². The van der Waals surface area contributed by atoms with Crippen LogP contribution in [-0.4, -0.2) is 44.5 Å². The second-order valence-electron chi connectivity index (χ2n) is 6.69. The molecule has 0 saturated carbocycles. The average molecular weight is 388 g/mol. The summed E-state index contributed by atoms with van der Waals surface area (Å²) < 4.78 is 10.9. The van der Waals surface area contributed by atoms with Gasteiger partial charge in [0.1, 0.15) is 17.8 Å². The van der Waals surface area contributed by atoms with Gasteiger partial charge in [-0.3, -0.25) is 0 Å². The molecule has 5 heteroatoms. The molecular formula is C22H29O4P. The van der Waals surface area contributed by atoms with Crippen LogP contribution in [0.2, 0.25) is 0 Å². The summed E-state index contributed by atoms with van der Waals surface area (Å²) in [5.41, 5.74) is 2.35. The molecule has 2 unspecified atom stereocenters. The Balaban J connectivity index is 0.000000170. The van der Waals surface area contributed by atoms with Crippen LogP contribution in [0.1, 0.15) is 11.1 Å². The number of aliphatic hydroxyl groups is 1. The zero-order valence-electron chi connectivity index (χ0n) is 16.1. The summed E-state index contributed by atoms with van der Waals surface area (Å²) in [7, 11) is 1.08. The van der Waals surface area contributed by atoms with Crippen molar-refractivity contribution in [1.82, 2.24) is 0 Å². The highest BCUT2D eigenvalue weighted by Crippen LogP contribution is 2.26. The molecule has 146 valence electrons. The number of carbonyl (C=O) groups excluding carboxylic acids is 1. The number of rotatable bonds is 2. The van der Waals surface area contributed by atoms with Crippen LogP contribution in [0.15, 0.2) is 48.5 Å². The second-order valence-corrected chi connectivity index (χ2v) is 7.69. The van der Waals surface area contributed by atoms with Crippen molar-refractivity contribution in [3.8, 4) is 11.5 Å². The lowest BCUT2D eigenvalue weighted by Crippen LogP contribution is -2.23. The van der Waals surface area contributed by atoms with E-state index in [9.17, 15) is 4.79 Å². The van der Waals surface area contributed by atoms with Crippen LogP contribution >= 0.6 is 8.58 Å². The summed E-state index contributed by atoms with van der Waals surface area (Å²) in [6.07, 6.45) is 2.72. The number of para-hydroxylation sites is 2. The van der Waals surface area contributed by atoms with Crippen LogP contribution in [0.25, 0.3) is 0 Å². The molecule has 27 heavy (non-hydrogen) atoms. The van der Waals surface area contributed by atoms with Crippen molar-refractivity contribution >= 4 is 14.9 Å². The number of carbonyl (C=O) groups is 1. The molecule has 0 saturated heterocycles. The van der Waals surface area contributed by atoms with Crippen LogP contribution in [0.4, 0.5) is 0 Å². The number of benzene rings is 2. The molecule has 0 aliphatic carbocycles. The highest BCUT2D eigenvalue weighted by molar-refractivity contribution is 7.35. The first-order valence-corrected chi connectivity index (χ1v) is 11.3. The van der Waals surface area contributed by atoms with Gasteiger partial charge in [0.15, 0.2) is 0 Å². The van der Waals surface area contributed by atoms with E-state index in [1.807, 2.05) is 42.5 Å². The van der Waals surface area contributed by atoms with Crippen molar-refractivity contribution in [3.63, 3.8) is 0 Å².